The Balaban J connectivity index is 2.25. The molecule has 4 heteroatoms. The minimum absolute atomic E-state index is 0.186. The first-order valence-corrected chi connectivity index (χ1v) is 5.37. The van der Waals surface area contributed by atoms with Gasteiger partial charge in [0.05, 0.1) is 0 Å². The topological polar surface area (TPSA) is 46.5 Å². The zero-order valence-corrected chi connectivity index (χ0v) is 9.42. The Kier molecular flexibility index (Phi) is 3.57. The molecule has 18 heavy (non-hydrogen) atoms. The van der Waals surface area contributed by atoms with Crippen LogP contribution in [0.15, 0.2) is 54.6 Å². The molecule has 0 spiro atoms. The van der Waals surface area contributed by atoms with E-state index in [2.05, 4.69) is 0 Å². The van der Waals surface area contributed by atoms with E-state index in [1.54, 1.807) is 30.3 Å². The lowest BCUT2D eigenvalue weighted by Crippen LogP contribution is -2.18. The highest BCUT2D eigenvalue weighted by molar-refractivity contribution is 5.74. The number of hydrogen-bond acceptors (Lipinski definition) is 2. The lowest BCUT2D eigenvalue weighted by molar-refractivity contribution is -0.145. The second-order valence-corrected chi connectivity index (χ2v) is 3.70. The standard InChI is InChI=1S/C14H11FO3/c15-11-7-4-8-12(9-11)18-13(14(16)17)10-5-2-1-3-6-10/h1-9,13H,(H,16,17)/t13-/m0/s1. The first-order valence-electron chi connectivity index (χ1n) is 5.37. The molecule has 0 aliphatic heterocycles. The van der Waals surface area contributed by atoms with E-state index in [4.69, 9.17) is 9.84 Å². The van der Waals surface area contributed by atoms with E-state index < -0.39 is 17.9 Å². The van der Waals surface area contributed by atoms with Crippen LogP contribution in [0.2, 0.25) is 0 Å². The van der Waals surface area contributed by atoms with Crippen LogP contribution in [0.25, 0.3) is 0 Å². The lowest BCUT2D eigenvalue weighted by Gasteiger charge is -2.15. The molecule has 2 aromatic rings. The Hall–Kier alpha value is -2.36. The molecule has 0 aromatic heterocycles. The van der Waals surface area contributed by atoms with Gasteiger partial charge in [0.15, 0.2) is 0 Å². The summed E-state index contributed by atoms with van der Waals surface area (Å²) in [7, 11) is 0. The number of aliphatic carboxylic acids is 1. The Bertz CT molecular complexity index is 540. The van der Waals surface area contributed by atoms with Crippen molar-refractivity contribution in [2.45, 2.75) is 6.10 Å². The van der Waals surface area contributed by atoms with Crippen molar-refractivity contribution in [1.29, 1.82) is 0 Å². The van der Waals surface area contributed by atoms with Crippen LogP contribution in [0.3, 0.4) is 0 Å². The molecule has 1 N–H and O–H groups in total. The van der Waals surface area contributed by atoms with Crippen LogP contribution in [-0.4, -0.2) is 11.1 Å². The van der Waals surface area contributed by atoms with Gasteiger partial charge in [0.1, 0.15) is 11.6 Å². The van der Waals surface area contributed by atoms with Gasteiger partial charge in [-0.3, -0.25) is 0 Å². The maximum absolute atomic E-state index is 13.0. The fourth-order valence-electron chi connectivity index (χ4n) is 1.57. The largest absolute Gasteiger partial charge is 0.478 e. The number of carboxylic acids is 1. The molecule has 0 aliphatic carbocycles. The van der Waals surface area contributed by atoms with Crippen LogP contribution in [0, 0.1) is 5.82 Å². The van der Waals surface area contributed by atoms with Crippen molar-refractivity contribution in [3.8, 4) is 5.75 Å². The van der Waals surface area contributed by atoms with Gasteiger partial charge in [-0.05, 0) is 12.1 Å². The van der Waals surface area contributed by atoms with Crippen LogP contribution in [-0.2, 0) is 4.79 Å². The van der Waals surface area contributed by atoms with Crippen molar-refractivity contribution in [2.24, 2.45) is 0 Å². The van der Waals surface area contributed by atoms with Crippen molar-refractivity contribution in [1.82, 2.24) is 0 Å². The number of ether oxygens (including phenoxy) is 1. The number of hydrogen-bond donors (Lipinski definition) is 1. The minimum atomic E-state index is -1.15. The highest BCUT2D eigenvalue weighted by Crippen LogP contribution is 2.22. The Morgan fingerprint density at radius 1 is 1.11 bits per heavy atom. The molecule has 0 fully saturated rings. The molecule has 0 bridgehead atoms. The maximum atomic E-state index is 13.0. The number of benzene rings is 2. The van der Waals surface area contributed by atoms with Crippen molar-refractivity contribution in [3.05, 3.63) is 66.0 Å². The predicted octanol–water partition coefficient (Wildman–Crippen LogP) is 3.03. The summed E-state index contributed by atoms with van der Waals surface area (Å²) in [5.74, 6) is -1.40. The quantitative estimate of drug-likeness (QED) is 0.901. The third kappa shape index (κ3) is 2.85. The second-order valence-electron chi connectivity index (χ2n) is 3.70. The predicted molar refractivity (Wildman–Crippen MR) is 63.8 cm³/mol. The highest BCUT2D eigenvalue weighted by atomic mass is 19.1. The van der Waals surface area contributed by atoms with E-state index in [1.165, 1.54) is 18.2 Å². The summed E-state index contributed by atoms with van der Waals surface area (Å²) in [6, 6.07) is 13.9. The zero-order chi connectivity index (χ0) is 13.0. The summed E-state index contributed by atoms with van der Waals surface area (Å²) in [5, 5.41) is 9.14. The smallest absolute Gasteiger partial charge is 0.349 e. The van der Waals surface area contributed by atoms with Gasteiger partial charge >= 0.3 is 5.97 Å². The summed E-state index contributed by atoms with van der Waals surface area (Å²) in [6.07, 6.45) is -1.15. The molecule has 0 amide bonds. The molecule has 1 atom stereocenters. The van der Waals surface area contributed by atoms with Crippen molar-refractivity contribution < 1.29 is 19.0 Å². The van der Waals surface area contributed by atoms with Crippen LogP contribution in [0.1, 0.15) is 11.7 Å². The van der Waals surface area contributed by atoms with Gasteiger partial charge in [-0.25, -0.2) is 9.18 Å². The maximum Gasteiger partial charge on any atom is 0.349 e. The van der Waals surface area contributed by atoms with Crippen LogP contribution in [0.4, 0.5) is 4.39 Å². The molecule has 0 aliphatic rings. The Morgan fingerprint density at radius 2 is 1.83 bits per heavy atom. The first kappa shape index (κ1) is 12.1. The molecule has 2 aromatic carbocycles. The first-order chi connectivity index (χ1) is 8.66. The fourth-order valence-corrected chi connectivity index (χ4v) is 1.57. The molecule has 0 radical (unpaired) electrons. The minimum Gasteiger partial charge on any atom is -0.478 e. The fraction of sp³-hybridized carbons (Fsp3) is 0.0714. The Morgan fingerprint density at radius 3 is 2.44 bits per heavy atom. The lowest BCUT2D eigenvalue weighted by atomic mass is 10.1. The van der Waals surface area contributed by atoms with Crippen LogP contribution < -0.4 is 4.74 Å². The molecule has 0 saturated carbocycles. The molecule has 92 valence electrons. The number of rotatable bonds is 4. The van der Waals surface area contributed by atoms with Gasteiger partial charge < -0.3 is 9.84 Å². The Labute approximate surface area is 103 Å². The molecule has 0 unspecified atom stereocenters. The summed E-state index contributed by atoms with van der Waals surface area (Å²) < 4.78 is 18.3. The third-order valence-corrected chi connectivity index (χ3v) is 2.38. The van der Waals surface area contributed by atoms with Crippen molar-refractivity contribution >= 4 is 5.97 Å². The SMILES string of the molecule is O=C(O)[C@@H](Oc1cccc(F)c1)c1ccccc1. The van der Waals surface area contributed by atoms with Crippen LogP contribution >= 0.6 is 0 Å². The van der Waals surface area contributed by atoms with E-state index in [-0.39, 0.29) is 5.75 Å². The normalized spacial score (nSPS) is 11.8. The van der Waals surface area contributed by atoms with E-state index in [0.29, 0.717) is 5.56 Å². The van der Waals surface area contributed by atoms with Gasteiger partial charge in [-0.2, -0.15) is 0 Å². The molecule has 0 heterocycles. The average molecular weight is 246 g/mol. The number of carboxylic acid groups (broad SMARTS) is 1. The van der Waals surface area contributed by atoms with Crippen molar-refractivity contribution in [3.63, 3.8) is 0 Å². The monoisotopic (exact) mass is 246 g/mol. The van der Waals surface area contributed by atoms with Crippen LogP contribution in [0.5, 0.6) is 5.75 Å². The van der Waals surface area contributed by atoms with Gasteiger partial charge in [-0.1, -0.05) is 36.4 Å². The molecule has 3 nitrogen and oxygen atoms in total. The summed E-state index contributed by atoms with van der Waals surface area (Å²) in [5.41, 5.74) is 0.509. The number of halogens is 1. The molecule has 2 rings (SSSR count). The molecule has 0 saturated heterocycles. The number of carbonyl (C=O) groups is 1. The molecular formula is C14H11FO3. The molecular weight excluding hydrogens is 235 g/mol. The van der Waals surface area contributed by atoms with E-state index >= 15 is 0 Å². The average Bonchev–Trinajstić information content (AvgIpc) is 2.37. The van der Waals surface area contributed by atoms with E-state index in [0.717, 1.165) is 6.07 Å². The summed E-state index contributed by atoms with van der Waals surface area (Å²) >= 11 is 0. The highest BCUT2D eigenvalue weighted by Gasteiger charge is 2.21. The zero-order valence-electron chi connectivity index (χ0n) is 9.42. The summed E-state index contributed by atoms with van der Waals surface area (Å²) in [6.45, 7) is 0. The van der Waals surface area contributed by atoms with E-state index in [9.17, 15) is 9.18 Å². The van der Waals surface area contributed by atoms with E-state index in [1.807, 2.05) is 0 Å². The van der Waals surface area contributed by atoms with Gasteiger partial charge in [-0.15, -0.1) is 0 Å². The second kappa shape index (κ2) is 5.31. The van der Waals surface area contributed by atoms with Gasteiger partial charge in [0, 0.05) is 11.6 Å². The third-order valence-electron chi connectivity index (χ3n) is 2.38. The summed E-state index contributed by atoms with van der Waals surface area (Å²) in [4.78, 5) is 11.2. The van der Waals surface area contributed by atoms with Gasteiger partial charge in [0.25, 0.3) is 0 Å². The van der Waals surface area contributed by atoms with Gasteiger partial charge in [0.2, 0.25) is 6.10 Å². The van der Waals surface area contributed by atoms with Crippen molar-refractivity contribution in [2.75, 3.05) is 0 Å².